The van der Waals surface area contributed by atoms with Crippen LogP contribution in [-0.4, -0.2) is 49.2 Å². The highest BCUT2D eigenvalue weighted by atomic mass is 16.8. The van der Waals surface area contributed by atoms with Gasteiger partial charge in [0.15, 0.2) is 12.6 Å². The van der Waals surface area contributed by atoms with E-state index in [9.17, 15) is 5.11 Å². The van der Waals surface area contributed by atoms with E-state index in [1.54, 1.807) is 7.11 Å². The van der Waals surface area contributed by atoms with Crippen molar-refractivity contribution in [3.05, 3.63) is 12.2 Å². The van der Waals surface area contributed by atoms with E-state index in [0.717, 1.165) is 5.57 Å². The van der Waals surface area contributed by atoms with Gasteiger partial charge in [0, 0.05) is 13.0 Å². The molecule has 0 aromatic heterocycles. The standard InChI is InChI=1S/C11H14O5/c1-4-5-6-10(13-2)15-9(4)16-11(6,3-12)8-7(5)14-8/h5-10,12H,1,3H2,2H3/t5-,6-,7+,8+,9+,10-,11+/m1/s1. The molecule has 4 bridgehead atoms. The van der Waals surface area contributed by atoms with Crippen molar-refractivity contribution in [2.24, 2.45) is 11.8 Å². The van der Waals surface area contributed by atoms with Gasteiger partial charge in [-0.05, 0) is 5.57 Å². The fraction of sp³-hybridized carbons (Fsp3) is 0.818. The summed E-state index contributed by atoms with van der Waals surface area (Å²) in [6.07, 6.45) is -0.659. The van der Waals surface area contributed by atoms with Crippen LogP contribution in [0.5, 0.6) is 0 Å². The molecule has 1 N–H and O–H groups in total. The third-order valence-electron chi connectivity index (χ3n) is 4.40. The van der Waals surface area contributed by atoms with Gasteiger partial charge in [-0.25, -0.2) is 0 Å². The van der Waals surface area contributed by atoms with Crippen LogP contribution in [0.1, 0.15) is 0 Å². The molecule has 88 valence electrons. The first-order chi connectivity index (χ1) is 7.73. The number of epoxide rings is 1. The van der Waals surface area contributed by atoms with Crippen molar-refractivity contribution in [1.29, 1.82) is 0 Å². The number of ether oxygens (including phenoxy) is 4. The lowest BCUT2D eigenvalue weighted by Gasteiger charge is -2.54. The van der Waals surface area contributed by atoms with Gasteiger partial charge in [0.1, 0.15) is 11.7 Å². The molecule has 0 amide bonds. The van der Waals surface area contributed by atoms with Crippen LogP contribution in [0.25, 0.3) is 0 Å². The van der Waals surface area contributed by atoms with Gasteiger partial charge in [-0.3, -0.25) is 0 Å². The van der Waals surface area contributed by atoms with Crippen molar-refractivity contribution in [1.82, 2.24) is 0 Å². The molecule has 7 atom stereocenters. The van der Waals surface area contributed by atoms with E-state index in [1.165, 1.54) is 0 Å². The molecule has 4 saturated heterocycles. The van der Waals surface area contributed by atoms with Gasteiger partial charge in [0.2, 0.25) is 0 Å². The predicted molar refractivity (Wildman–Crippen MR) is 51.4 cm³/mol. The summed E-state index contributed by atoms with van der Waals surface area (Å²) < 4.78 is 22.4. The number of fused-ring (bicyclic) bond motifs is 2. The highest BCUT2D eigenvalue weighted by molar-refractivity contribution is 5.32. The normalized spacial score (nSPS) is 61.2. The minimum absolute atomic E-state index is 0.00347. The van der Waals surface area contributed by atoms with E-state index < -0.39 is 11.9 Å². The second-order valence-electron chi connectivity index (χ2n) is 4.95. The molecule has 5 rings (SSSR count). The molecule has 0 aromatic rings. The summed E-state index contributed by atoms with van der Waals surface area (Å²) in [5, 5.41) is 9.64. The lowest BCUT2D eigenvalue weighted by Crippen LogP contribution is -2.64. The molecule has 4 heterocycles. The van der Waals surface area contributed by atoms with Crippen LogP contribution in [0.3, 0.4) is 0 Å². The summed E-state index contributed by atoms with van der Waals surface area (Å²) in [5.74, 6) is 0.207. The maximum absolute atomic E-state index is 9.64. The Kier molecular flexibility index (Phi) is 1.60. The molecule has 5 aliphatic rings. The van der Waals surface area contributed by atoms with E-state index in [1.807, 2.05) is 0 Å². The highest BCUT2D eigenvalue weighted by Gasteiger charge is 2.79. The van der Waals surface area contributed by atoms with Gasteiger partial charge in [0.05, 0.1) is 18.6 Å². The molecule has 0 spiro atoms. The van der Waals surface area contributed by atoms with Crippen LogP contribution in [-0.2, 0) is 18.9 Å². The maximum Gasteiger partial charge on any atom is 0.183 e. The second-order valence-corrected chi connectivity index (χ2v) is 4.95. The average Bonchev–Trinajstić information content (AvgIpc) is 3.06. The molecule has 16 heavy (non-hydrogen) atoms. The molecule has 0 radical (unpaired) electrons. The first kappa shape index (κ1) is 9.56. The Morgan fingerprint density at radius 1 is 1.50 bits per heavy atom. The minimum atomic E-state index is -0.639. The fourth-order valence-electron chi connectivity index (χ4n) is 3.66. The molecule has 1 saturated carbocycles. The largest absolute Gasteiger partial charge is 0.393 e. The Morgan fingerprint density at radius 3 is 3.00 bits per heavy atom. The van der Waals surface area contributed by atoms with E-state index >= 15 is 0 Å². The molecule has 0 aromatic carbocycles. The Bertz CT molecular complexity index is 369. The van der Waals surface area contributed by atoms with Crippen LogP contribution >= 0.6 is 0 Å². The molecule has 1 aliphatic carbocycles. The third kappa shape index (κ3) is 0.802. The second kappa shape index (κ2) is 2.68. The number of aliphatic hydroxyl groups excluding tert-OH is 1. The summed E-state index contributed by atoms with van der Waals surface area (Å²) in [5.41, 5.74) is 0.285. The quantitative estimate of drug-likeness (QED) is 0.515. The minimum Gasteiger partial charge on any atom is -0.393 e. The molecule has 5 fully saturated rings. The smallest absolute Gasteiger partial charge is 0.183 e. The predicted octanol–water partition coefficient (Wildman–Crippen LogP) is -0.354. The van der Waals surface area contributed by atoms with Gasteiger partial charge >= 0.3 is 0 Å². The summed E-state index contributed by atoms with van der Waals surface area (Å²) in [6.45, 7) is 3.97. The van der Waals surface area contributed by atoms with E-state index in [-0.39, 0.29) is 36.9 Å². The summed E-state index contributed by atoms with van der Waals surface area (Å²) in [6, 6.07) is 0. The van der Waals surface area contributed by atoms with Crippen molar-refractivity contribution in [3.63, 3.8) is 0 Å². The third-order valence-corrected chi connectivity index (χ3v) is 4.40. The van der Waals surface area contributed by atoms with Crippen molar-refractivity contribution in [2.45, 2.75) is 30.4 Å². The molecule has 4 aliphatic heterocycles. The van der Waals surface area contributed by atoms with Crippen molar-refractivity contribution < 1.29 is 24.1 Å². The average molecular weight is 226 g/mol. The van der Waals surface area contributed by atoms with Crippen molar-refractivity contribution >= 4 is 0 Å². The Balaban J connectivity index is 1.83. The van der Waals surface area contributed by atoms with Gasteiger partial charge in [0.25, 0.3) is 0 Å². The van der Waals surface area contributed by atoms with E-state index in [4.69, 9.17) is 18.9 Å². The van der Waals surface area contributed by atoms with Gasteiger partial charge in [-0.2, -0.15) is 0 Å². The number of hydrogen-bond donors (Lipinski definition) is 1. The topological polar surface area (TPSA) is 60.5 Å². The first-order valence-corrected chi connectivity index (χ1v) is 5.54. The summed E-state index contributed by atoms with van der Waals surface area (Å²) in [4.78, 5) is 0. The summed E-state index contributed by atoms with van der Waals surface area (Å²) in [7, 11) is 1.62. The van der Waals surface area contributed by atoms with Crippen LogP contribution in [0.4, 0.5) is 0 Å². The Morgan fingerprint density at radius 2 is 2.31 bits per heavy atom. The fourth-order valence-corrected chi connectivity index (χ4v) is 3.66. The zero-order valence-electron chi connectivity index (χ0n) is 8.96. The van der Waals surface area contributed by atoms with Gasteiger partial charge < -0.3 is 24.1 Å². The molecule has 5 heteroatoms. The lowest BCUT2D eigenvalue weighted by molar-refractivity contribution is -0.381. The zero-order chi connectivity index (χ0) is 11.1. The van der Waals surface area contributed by atoms with Crippen molar-refractivity contribution in [2.75, 3.05) is 13.7 Å². The van der Waals surface area contributed by atoms with Crippen LogP contribution in [0.15, 0.2) is 12.2 Å². The highest BCUT2D eigenvalue weighted by Crippen LogP contribution is 2.65. The molecular formula is C11H14O5. The van der Waals surface area contributed by atoms with Crippen LogP contribution < -0.4 is 0 Å². The SMILES string of the molecule is C=C1[C@H]2O[C@@H](OC)[C@H]3[C@@H]1[C@@H]1O[C@@H]1[C@@]3(CO)O2. The monoisotopic (exact) mass is 226 g/mol. The van der Waals surface area contributed by atoms with Gasteiger partial charge in [-0.1, -0.05) is 6.58 Å². The molecular weight excluding hydrogens is 212 g/mol. The van der Waals surface area contributed by atoms with E-state index in [0.29, 0.717) is 0 Å². The maximum atomic E-state index is 9.64. The first-order valence-electron chi connectivity index (χ1n) is 5.54. The lowest BCUT2D eigenvalue weighted by atomic mass is 9.76. The van der Waals surface area contributed by atoms with Gasteiger partial charge in [-0.15, -0.1) is 0 Å². The number of aliphatic hydroxyl groups is 1. The molecule has 5 nitrogen and oxygen atoms in total. The zero-order valence-corrected chi connectivity index (χ0v) is 8.96. The van der Waals surface area contributed by atoms with E-state index in [2.05, 4.69) is 6.58 Å². The number of methoxy groups -OCH3 is 1. The number of hydrogen-bond acceptors (Lipinski definition) is 5. The van der Waals surface area contributed by atoms with Crippen LogP contribution in [0.2, 0.25) is 0 Å². The summed E-state index contributed by atoms with van der Waals surface area (Å²) >= 11 is 0. The van der Waals surface area contributed by atoms with Crippen molar-refractivity contribution in [3.8, 4) is 0 Å². The van der Waals surface area contributed by atoms with Crippen LogP contribution in [0, 0.1) is 11.8 Å². The molecule has 0 unspecified atom stereocenters. The Hall–Kier alpha value is -0.460. The Labute approximate surface area is 92.9 Å². The number of rotatable bonds is 2.